The predicted molar refractivity (Wildman–Crippen MR) is 86.9 cm³/mol. The summed E-state index contributed by atoms with van der Waals surface area (Å²) in [6, 6.07) is 2.37. The van der Waals surface area contributed by atoms with Gasteiger partial charge in [0.2, 0.25) is 5.16 Å². The van der Waals surface area contributed by atoms with Gasteiger partial charge in [-0.1, -0.05) is 11.8 Å². The van der Waals surface area contributed by atoms with Crippen LogP contribution in [0, 0.1) is 13.8 Å². The Labute approximate surface area is 139 Å². The minimum atomic E-state index is 0.108. The lowest BCUT2D eigenvalue weighted by molar-refractivity contribution is 0.102. The molecule has 0 unspecified atom stereocenters. The first kappa shape index (κ1) is 16.2. The number of hydrogen-bond donors (Lipinski definition) is 0. The molecule has 0 spiro atoms. The zero-order valence-corrected chi connectivity index (χ0v) is 14.5. The van der Waals surface area contributed by atoms with E-state index in [4.69, 9.17) is 4.74 Å². The number of hydrogen-bond acceptors (Lipinski definition) is 6. The Balaban J connectivity index is 1.67. The lowest BCUT2D eigenvalue weighted by atomic mass is 10.2. The molecular formula is C15H21N5O2S. The van der Waals surface area contributed by atoms with E-state index in [0.717, 1.165) is 41.5 Å². The highest BCUT2D eigenvalue weighted by Crippen LogP contribution is 2.36. The molecule has 1 saturated carbocycles. The summed E-state index contributed by atoms with van der Waals surface area (Å²) in [5.41, 5.74) is 2.85. The monoisotopic (exact) mass is 335 g/mol. The molecule has 1 fully saturated rings. The maximum Gasteiger partial charge on any atom is 0.210 e. The first-order chi connectivity index (χ1) is 11.1. The normalized spacial score (nSPS) is 14.4. The van der Waals surface area contributed by atoms with Gasteiger partial charge in [0.15, 0.2) is 5.78 Å². The second-order valence-electron chi connectivity index (χ2n) is 5.78. The molecule has 0 bridgehead atoms. The molecule has 0 radical (unpaired) electrons. The molecule has 0 amide bonds. The van der Waals surface area contributed by atoms with Gasteiger partial charge in [0, 0.05) is 30.6 Å². The number of methoxy groups -OCH3 is 1. The maximum atomic E-state index is 12.6. The average molecular weight is 335 g/mol. The van der Waals surface area contributed by atoms with Crippen LogP contribution in [0.5, 0.6) is 0 Å². The van der Waals surface area contributed by atoms with E-state index >= 15 is 0 Å². The molecule has 2 aromatic rings. The Bertz CT molecular complexity index is 705. The fourth-order valence-electron chi connectivity index (χ4n) is 2.65. The first-order valence-electron chi connectivity index (χ1n) is 7.71. The van der Waals surface area contributed by atoms with Crippen molar-refractivity contribution in [3.05, 3.63) is 23.0 Å². The fraction of sp³-hybridized carbons (Fsp3) is 0.600. The number of aromatic nitrogens is 5. The summed E-state index contributed by atoms with van der Waals surface area (Å²) in [6.07, 6.45) is 2.24. The van der Waals surface area contributed by atoms with Gasteiger partial charge >= 0.3 is 0 Å². The van der Waals surface area contributed by atoms with Crippen LogP contribution in [0.25, 0.3) is 0 Å². The number of carbonyl (C=O) groups is 1. The molecule has 7 nitrogen and oxygen atoms in total. The molecule has 8 heteroatoms. The second-order valence-corrected chi connectivity index (χ2v) is 6.72. The SMILES string of the molecule is COCCn1c(C)cc(C(=O)CSc2nnnn2C2CC2)c1C. The van der Waals surface area contributed by atoms with Crippen LogP contribution in [0.1, 0.15) is 40.6 Å². The molecule has 1 aliphatic carbocycles. The van der Waals surface area contributed by atoms with Crippen molar-refractivity contribution < 1.29 is 9.53 Å². The second kappa shape index (κ2) is 6.84. The van der Waals surface area contributed by atoms with Crippen LogP contribution >= 0.6 is 11.8 Å². The molecule has 0 saturated heterocycles. The largest absolute Gasteiger partial charge is 0.383 e. The molecule has 0 N–H and O–H groups in total. The predicted octanol–water partition coefficient (Wildman–Crippen LogP) is 2.05. The van der Waals surface area contributed by atoms with Crippen molar-refractivity contribution in [3.63, 3.8) is 0 Å². The summed E-state index contributed by atoms with van der Waals surface area (Å²) in [6.45, 7) is 5.39. The summed E-state index contributed by atoms with van der Waals surface area (Å²) >= 11 is 1.41. The van der Waals surface area contributed by atoms with Crippen molar-refractivity contribution in [1.82, 2.24) is 24.8 Å². The van der Waals surface area contributed by atoms with Crippen LogP contribution in [-0.2, 0) is 11.3 Å². The molecule has 2 heterocycles. The van der Waals surface area contributed by atoms with E-state index in [1.807, 2.05) is 24.6 Å². The number of ether oxygens (including phenoxy) is 1. The lowest BCUT2D eigenvalue weighted by Gasteiger charge is -2.08. The zero-order chi connectivity index (χ0) is 16.4. The van der Waals surface area contributed by atoms with Crippen LogP contribution < -0.4 is 0 Å². The van der Waals surface area contributed by atoms with Crippen LogP contribution in [0.15, 0.2) is 11.2 Å². The molecular weight excluding hydrogens is 314 g/mol. The van der Waals surface area contributed by atoms with Gasteiger partial charge in [0.05, 0.1) is 18.4 Å². The number of tetrazole rings is 1. The van der Waals surface area contributed by atoms with Crippen molar-refractivity contribution in [3.8, 4) is 0 Å². The van der Waals surface area contributed by atoms with E-state index in [-0.39, 0.29) is 5.78 Å². The molecule has 23 heavy (non-hydrogen) atoms. The van der Waals surface area contributed by atoms with Crippen molar-refractivity contribution in [2.45, 2.75) is 44.4 Å². The Hall–Kier alpha value is -1.67. The summed E-state index contributed by atoms with van der Waals surface area (Å²) in [4.78, 5) is 12.6. The van der Waals surface area contributed by atoms with E-state index in [2.05, 4.69) is 20.1 Å². The average Bonchev–Trinajstić information content (AvgIpc) is 3.21. The van der Waals surface area contributed by atoms with E-state index in [1.54, 1.807) is 7.11 Å². The summed E-state index contributed by atoms with van der Waals surface area (Å²) < 4.78 is 9.08. The Kier molecular flexibility index (Phi) is 4.82. The third kappa shape index (κ3) is 3.48. The summed E-state index contributed by atoms with van der Waals surface area (Å²) in [5.74, 6) is 0.457. The van der Waals surface area contributed by atoms with Crippen molar-refractivity contribution in [2.75, 3.05) is 19.5 Å². The van der Waals surface area contributed by atoms with Crippen molar-refractivity contribution in [1.29, 1.82) is 0 Å². The van der Waals surface area contributed by atoms with Crippen molar-refractivity contribution >= 4 is 17.5 Å². The van der Waals surface area contributed by atoms with Gasteiger partial charge in [0.25, 0.3) is 0 Å². The van der Waals surface area contributed by atoms with E-state index in [1.165, 1.54) is 11.8 Å². The maximum absolute atomic E-state index is 12.6. The molecule has 0 atom stereocenters. The minimum absolute atomic E-state index is 0.108. The van der Waals surface area contributed by atoms with Gasteiger partial charge in [-0.15, -0.1) is 5.10 Å². The molecule has 0 aliphatic heterocycles. The smallest absolute Gasteiger partial charge is 0.210 e. The fourth-order valence-corrected chi connectivity index (χ4v) is 3.47. The number of carbonyl (C=O) groups excluding carboxylic acids is 1. The minimum Gasteiger partial charge on any atom is -0.383 e. The van der Waals surface area contributed by atoms with Gasteiger partial charge in [-0.3, -0.25) is 4.79 Å². The topological polar surface area (TPSA) is 74.8 Å². The zero-order valence-electron chi connectivity index (χ0n) is 13.7. The van der Waals surface area contributed by atoms with Crippen LogP contribution in [-0.4, -0.2) is 50.0 Å². The van der Waals surface area contributed by atoms with Crippen LogP contribution in [0.4, 0.5) is 0 Å². The van der Waals surface area contributed by atoms with Crippen LogP contribution in [0.3, 0.4) is 0 Å². The third-order valence-electron chi connectivity index (χ3n) is 4.08. The lowest BCUT2D eigenvalue weighted by Crippen LogP contribution is -2.10. The Morgan fingerprint density at radius 2 is 2.22 bits per heavy atom. The Morgan fingerprint density at radius 3 is 2.91 bits per heavy atom. The third-order valence-corrected chi connectivity index (χ3v) is 5.01. The molecule has 2 aromatic heterocycles. The highest BCUT2D eigenvalue weighted by molar-refractivity contribution is 7.99. The van der Waals surface area contributed by atoms with Crippen LogP contribution in [0.2, 0.25) is 0 Å². The summed E-state index contributed by atoms with van der Waals surface area (Å²) in [5, 5.41) is 12.5. The highest BCUT2D eigenvalue weighted by Gasteiger charge is 2.28. The van der Waals surface area contributed by atoms with E-state index in [9.17, 15) is 4.79 Å². The van der Waals surface area contributed by atoms with Crippen molar-refractivity contribution in [2.24, 2.45) is 0 Å². The summed E-state index contributed by atoms with van der Waals surface area (Å²) in [7, 11) is 1.68. The molecule has 0 aromatic carbocycles. The van der Waals surface area contributed by atoms with Gasteiger partial charge < -0.3 is 9.30 Å². The number of aryl methyl sites for hydroxylation is 1. The van der Waals surface area contributed by atoms with Gasteiger partial charge in [-0.05, 0) is 43.2 Å². The first-order valence-corrected chi connectivity index (χ1v) is 8.70. The van der Waals surface area contributed by atoms with E-state index in [0.29, 0.717) is 18.4 Å². The number of Topliss-reactive ketones (excluding diaryl/α,β-unsaturated/α-hetero) is 1. The molecule has 3 rings (SSSR count). The van der Waals surface area contributed by atoms with Gasteiger partial charge in [-0.2, -0.15) is 0 Å². The highest BCUT2D eigenvalue weighted by atomic mass is 32.2. The number of ketones is 1. The Morgan fingerprint density at radius 1 is 1.43 bits per heavy atom. The quantitative estimate of drug-likeness (QED) is 0.543. The number of thioether (sulfide) groups is 1. The molecule has 1 aliphatic rings. The van der Waals surface area contributed by atoms with Gasteiger partial charge in [-0.25, -0.2) is 4.68 Å². The number of rotatable bonds is 8. The van der Waals surface area contributed by atoms with Gasteiger partial charge in [0.1, 0.15) is 0 Å². The van der Waals surface area contributed by atoms with E-state index < -0.39 is 0 Å². The molecule has 124 valence electrons. The standard InChI is InChI=1S/C15H21N5O2S/c1-10-8-13(11(2)19(10)6-7-22-3)14(21)9-23-15-16-17-18-20(15)12-4-5-12/h8,12H,4-7,9H2,1-3H3. The number of nitrogens with zero attached hydrogens (tertiary/aromatic N) is 5.